The molecule has 4 N–H and O–H groups in total. The van der Waals surface area contributed by atoms with E-state index in [4.69, 9.17) is 0 Å². The molecule has 5 aromatic rings. The molecule has 208 valence electrons. The lowest BCUT2D eigenvalue weighted by atomic mass is 10.1. The van der Waals surface area contributed by atoms with Gasteiger partial charge in [0.2, 0.25) is 11.9 Å². The number of carbonyl (C=O) groups is 2. The molecule has 0 fully saturated rings. The summed E-state index contributed by atoms with van der Waals surface area (Å²) in [5, 5.41) is 19.4. The summed E-state index contributed by atoms with van der Waals surface area (Å²) in [5.74, 6) is -0.225. The second-order valence-corrected chi connectivity index (χ2v) is 9.71. The Labute approximate surface area is 242 Å². The second-order valence-electron chi connectivity index (χ2n) is 9.71. The van der Waals surface area contributed by atoms with E-state index in [1.807, 2.05) is 55.5 Å². The van der Waals surface area contributed by atoms with Crippen molar-refractivity contribution in [2.24, 2.45) is 0 Å². The smallest absolute Gasteiger partial charge is 0.255 e. The van der Waals surface area contributed by atoms with Crippen molar-refractivity contribution in [1.82, 2.24) is 19.9 Å². The number of anilines is 4. The first-order valence-electron chi connectivity index (χ1n) is 13.1. The molecule has 0 spiro atoms. The number of aromatic amines is 1. The first-order valence-corrected chi connectivity index (χ1v) is 13.1. The average molecular weight is 557 g/mol. The van der Waals surface area contributed by atoms with E-state index in [1.165, 1.54) is 12.3 Å². The summed E-state index contributed by atoms with van der Waals surface area (Å²) in [4.78, 5) is 39.0. The van der Waals surface area contributed by atoms with Crippen LogP contribution >= 0.6 is 0 Å². The molecule has 0 radical (unpaired) electrons. The fraction of sp³-hybridized carbons (Fsp3) is 0.0938. The highest BCUT2D eigenvalue weighted by atomic mass is 16.2. The molecule has 0 unspecified atom stereocenters. The van der Waals surface area contributed by atoms with E-state index in [2.05, 4.69) is 37.0 Å². The maximum atomic E-state index is 12.9. The number of carbonyl (C=O) groups excluding carboxylic acids is 2. The van der Waals surface area contributed by atoms with Crippen molar-refractivity contribution in [3.8, 4) is 17.3 Å². The Balaban J connectivity index is 1.26. The molecule has 10 nitrogen and oxygen atoms in total. The van der Waals surface area contributed by atoms with Crippen molar-refractivity contribution in [3.63, 3.8) is 0 Å². The molecule has 5 rings (SSSR count). The predicted octanol–water partition coefficient (Wildman–Crippen LogP) is 5.55. The van der Waals surface area contributed by atoms with Crippen molar-refractivity contribution in [1.29, 1.82) is 5.26 Å². The van der Waals surface area contributed by atoms with Crippen LogP contribution in [-0.2, 0) is 4.79 Å². The van der Waals surface area contributed by atoms with Gasteiger partial charge in [0.05, 0.1) is 17.5 Å². The zero-order valence-corrected chi connectivity index (χ0v) is 23.1. The summed E-state index contributed by atoms with van der Waals surface area (Å²) in [5.41, 5.74) is 4.88. The molecule has 0 saturated carbocycles. The quantitative estimate of drug-likeness (QED) is 0.175. The number of para-hydroxylation sites is 1. The number of nitriles is 1. The molecule has 0 saturated heterocycles. The minimum Gasteiger partial charge on any atom is -0.360 e. The van der Waals surface area contributed by atoms with Crippen LogP contribution in [-0.4, -0.2) is 52.3 Å². The SMILES string of the molecule is CN(C)C/C=C/C(=O)Nc1ccc(C(=O)Nc2cccc(Nc3ncc(C#N)c(-c4c[nH]c5ccccc45)n3)c2)cc1. The Morgan fingerprint density at radius 2 is 1.76 bits per heavy atom. The van der Waals surface area contributed by atoms with Gasteiger partial charge in [-0.2, -0.15) is 5.26 Å². The van der Waals surface area contributed by atoms with Crippen LogP contribution in [0.3, 0.4) is 0 Å². The highest BCUT2D eigenvalue weighted by Crippen LogP contribution is 2.30. The van der Waals surface area contributed by atoms with Crippen LogP contribution in [0.1, 0.15) is 15.9 Å². The Hall–Kier alpha value is -5.79. The lowest BCUT2D eigenvalue weighted by Crippen LogP contribution is -2.13. The fourth-order valence-corrected chi connectivity index (χ4v) is 4.26. The number of benzene rings is 3. The third kappa shape index (κ3) is 6.67. The number of aromatic nitrogens is 3. The molecule has 0 aliphatic carbocycles. The van der Waals surface area contributed by atoms with Crippen LogP contribution in [0.5, 0.6) is 0 Å². The van der Waals surface area contributed by atoms with Crippen LogP contribution in [0.2, 0.25) is 0 Å². The number of likely N-dealkylation sites (N-methyl/N-ethyl adjacent to an activating group) is 1. The van der Waals surface area contributed by atoms with Gasteiger partial charge >= 0.3 is 0 Å². The van der Waals surface area contributed by atoms with E-state index in [0.717, 1.165) is 16.5 Å². The zero-order chi connectivity index (χ0) is 29.5. The monoisotopic (exact) mass is 556 g/mol. The average Bonchev–Trinajstić information content (AvgIpc) is 3.41. The van der Waals surface area contributed by atoms with Gasteiger partial charge in [0.15, 0.2) is 0 Å². The summed E-state index contributed by atoms with van der Waals surface area (Å²) >= 11 is 0. The normalized spacial score (nSPS) is 11.0. The third-order valence-electron chi connectivity index (χ3n) is 6.28. The summed E-state index contributed by atoms with van der Waals surface area (Å²) in [6.07, 6.45) is 6.58. The molecule has 0 aliphatic rings. The molecule has 0 aliphatic heterocycles. The van der Waals surface area contributed by atoms with Gasteiger partial charge in [0.1, 0.15) is 6.07 Å². The largest absolute Gasteiger partial charge is 0.360 e. The number of hydrogen-bond acceptors (Lipinski definition) is 7. The van der Waals surface area contributed by atoms with E-state index in [0.29, 0.717) is 46.4 Å². The Bertz CT molecular complexity index is 1820. The molecule has 3 aromatic carbocycles. The number of rotatable bonds is 9. The topological polar surface area (TPSA) is 139 Å². The van der Waals surface area contributed by atoms with Crippen molar-refractivity contribution in [3.05, 3.63) is 108 Å². The Kier molecular flexibility index (Phi) is 8.32. The van der Waals surface area contributed by atoms with Crippen molar-refractivity contribution < 1.29 is 9.59 Å². The van der Waals surface area contributed by atoms with Gasteiger partial charge in [0.25, 0.3) is 5.91 Å². The number of amides is 2. The van der Waals surface area contributed by atoms with E-state index in [9.17, 15) is 14.9 Å². The van der Waals surface area contributed by atoms with E-state index < -0.39 is 0 Å². The Morgan fingerprint density at radius 1 is 0.976 bits per heavy atom. The van der Waals surface area contributed by atoms with Crippen LogP contribution in [0.25, 0.3) is 22.2 Å². The van der Waals surface area contributed by atoms with Gasteiger partial charge in [-0.25, -0.2) is 9.97 Å². The first kappa shape index (κ1) is 27.8. The highest BCUT2D eigenvalue weighted by molar-refractivity contribution is 6.05. The van der Waals surface area contributed by atoms with Crippen molar-refractivity contribution >= 4 is 45.7 Å². The maximum Gasteiger partial charge on any atom is 0.255 e. The predicted molar refractivity (Wildman–Crippen MR) is 164 cm³/mol. The highest BCUT2D eigenvalue weighted by Gasteiger charge is 2.14. The van der Waals surface area contributed by atoms with E-state index in [1.54, 1.807) is 48.5 Å². The summed E-state index contributed by atoms with van der Waals surface area (Å²) < 4.78 is 0. The van der Waals surface area contributed by atoms with Crippen molar-refractivity contribution in [2.75, 3.05) is 36.6 Å². The summed E-state index contributed by atoms with van der Waals surface area (Å²) in [6, 6.07) is 23.8. The molecule has 2 heterocycles. The number of fused-ring (bicyclic) bond motifs is 1. The van der Waals surface area contributed by atoms with Crippen LogP contribution < -0.4 is 16.0 Å². The van der Waals surface area contributed by atoms with E-state index >= 15 is 0 Å². The molecule has 10 heteroatoms. The van der Waals surface area contributed by atoms with Crippen LogP contribution in [0, 0.1) is 11.3 Å². The summed E-state index contributed by atoms with van der Waals surface area (Å²) in [6.45, 7) is 0.662. The minimum absolute atomic E-state index is 0.238. The molecule has 2 amide bonds. The van der Waals surface area contributed by atoms with Gasteiger partial charge in [-0.1, -0.05) is 30.3 Å². The third-order valence-corrected chi connectivity index (χ3v) is 6.28. The van der Waals surface area contributed by atoms with Gasteiger partial charge in [-0.05, 0) is 62.6 Å². The standard InChI is InChI=1S/C32H28N8O2/c1-40(2)16-6-11-29(41)36-23-14-12-21(13-15-23)31(42)37-24-7-5-8-25(17-24)38-32-35-19-22(18-33)30(39-32)27-20-34-28-10-4-3-9-26(27)28/h3-15,17,19-20,34H,16H2,1-2H3,(H,36,41)(H,37,42)(H,35,38,39)/b11-6+. The van der Waals surface area contributed by atoms with Crippen LogP contribution in [0.15, 0.2) is 97.3 Å². The number of hydrogen-bond donors (Lipinski definition) is 4. The number of H-pyrrole nitrogens is 1. The summed E-state index contributed by atoms with van der Waals surface area (Å²) in [7, 11) is 3.84. The molecule has 42 heavy (non-hydrogen) atoms. The maximum absolute atomic E-state index is 12.9. The number of nitrogens with one attached hydrogen (secondary N) is 4. The molecule has 0 bridgehead atoms. The van der Waals surface area contributed by atoms with Gasteiger partial charge in [-0.3, -0.25) is 9.59 Å². The van der Waals surface area contributed by atoms with Gasteiger partial charge in [0, 0.05) is 57.9 Å². The van der Waals surface area contributed by atoms with Crippen molar-refractivity contribution in [2.45, 2.75) is 0 Å². The van der Waals surface area contributed by atoms with Gasteiger partial charge < -0.3 is 25.8 Å². The molecular weight excluding hydrogens is 528 g/mol. The Morgan fingerprint density at radius 3 is 2.55 bits per heavy atom. The van der Waals surface area contributed by atoms with E-state index in [-0.39, 0.29) is 11.8 Å². The zero-order valence-electron chi connectivity index (χ0n) is 23.1. The molecule has 2 aromatic heterocycles. The van der Waals surface area contributed by atoms with Crippen LogP contribution in [0.4, 0.5) is 23.0 Å². The number of nitrogens with zero attached hydrogens (tertiary/aromatic N) is 4. The lowest BCUT2D eigenvalue weighted by molar-refractivity contribution is -0.111. The molecular formula is C32H28N8O2. The fourth-order valence-electron chi connectivity index (χ4n) is 4.26. The first-order chi connectivity index (χ1) is 20.4. The molecule has 0 atom stereocenters. The van der Waals surface area contributed by atoms with Gasteiger partial charge in [-0.15, -0.1) is 0 Å². The minimum atomic E-state index is -0.299. The lowest BCUT2D eigenvalue weighted by Gasteiger charge is -2.10. The second kappa shape index (κ2) is 12.6.